The molecular formula is C13H20N2O2. The summed E-state index contributed by atoms with van der Waals surface area (Å²) >= 11 is 0. The summed E-state index contributed by atoms with van der Waals surface area (Å²) in [7, 11) is 0. The Labute approximate surface area is 102 Å². The smallest absolute Gasteiger partial charge is 0.419 e. The molecule has 17 heavy (non-hydrogen) atoms. The van der Waals surface area contributed by atoms with Crippen LogP contribution in [0.15, 0.2) is 18.7 Å². The maximum Gasteiger partial charge on any atom is 0.419 e. The predicted octanol–water partition coefficient (Wildman–Crippen LogP) is 3.37. The molecule has 4 nitrogen and oxygen atoms in total. The number of ether oxygens (including phenoxy) is 1. The molecule has 0 radical (unpaired) electrons. The minimum Gasteiger partial charge on any atom is -0.442 e. The second-order valence-corrected chi connectivity index (χ2v) is 4.83. The zero-order valence-electron chi connectivity index (χ0n) is 10.4. The molecule has 0 amide bonds. The molecule has 94 valence electrons. The largest absolute Gasteiger partial charge is 0.442 e. The molecule has 1 aromatic rings. The van der Waals surface area contributed by atoms with Crippen LogP contribution >= 0.6 is 0 Å². The van der Waals surface area contributed by atoms with Gasteiger partial charge in [-0.1, -0.05) is 13.3 Å². The van der Waals surface area contributed by atoms with Gasteiger partial charge in [0.1, 0.15) is 11.9 Å². The van der Waals surface area contributed by atoms with Crippen molar-refractivity contribution in [2.75, 3.05) is 0 Å². The molecule has 0 N–H and O–H groups in total. The van der Waals surface area contributed by atoms with Crippen LogP contribution in [-0.4, -0.2) is 21.2 Å². The third-order valence-electron chi connectivity index (χ3n) is 3.52. The quantitative estimate of drug-likeness (QED) is 0.805. The molecule has 0 aliphatic heterocycles. The summed E-state index contributed by atoms with van der Waals surface area (Å²) in [5.74, 6) is 0. The van der Waals surface area contributed by atoms with E-state index in [0.29, 0.717) is 0 Å². The second kappa shape index (κ2) is 5.34. The molecule has 1 fully saturated rings. The van der Waals surface area contributed by atoms with E-state index in [1.165, 1.54) is 23.7 Å². The molecule has 2 rings (SSSR count). The molecule has 0 saturated heterocycles. The molecule has 0 unspecified atom stereocenters. The van der Waals surface area contributed by atoms with E-state index >= 15 is 0 Å². The first-order valence-corrected chi connectivity index (χ1v) is 6.47. The van der Waals surface area contributed by atoms with Crippen molar-refractivity contribution in [1.82, 2.24) is 9.55 Å². The Hall–Kier alpha value is -1.32. The van der Waals surface area contributed by atoms with E-state index in [-0.39, 0.29) is 11.7 Å². The number of aromatic nitrogens is 2. The SMILES string of the molecule is CCCCC1(OC(=O)n2ccnc2)CCCC1. The van der Waals surface area contributed by atoms with Gasteiger partial charge in [0.05, 0.1) is 0 Å². The second-order valence-electron chi connectivity index (χ2n) is 4.83. The Balaban J connectivity index is 2.00. The monoisotopic (exact) mass is 236 g/mol. The fourth-order valence-electron chi connectivity index (χ4n) is 2.53. The summed E-state index contributed by atoms with van der Waals surface area (Å²) in [6.07, 6.45) is 12.0. The van der Waals surface area contributed by atoms with Gasteiger partial charge < -0.3 is 4.74 Å². The molecule has 1 aliphatic rings. The highest BCUT2D eigenvalue weighted by Crippen LogP contribution is 2.37. The molecule has 1 saturated carbocycles. The number of carbonyl (C=O) groups excluding carboxylic acids is 1. The summed E-state index contributed by atoms with van der Waals surface area (Å²) in [5, 5.41) is 0. The van der Waals surface area contributed by atoms with Crippen molar-refractivity contribution in [3.05, 3.63) is 18.7 Å². The lowest BCUT2D eigenvalue weighted by atomic mass is 9.95. The summed E-state index contributed by atoms with van der Waals surface area (Å²) in [6, 6.07) is 0. The standard InChI is InChI=1S/C13H20N2O2/c1-2-3-6-13(7-4-5-8-13)17-12(16)15-10-9-14-11-15/h9-11H,2-8H2,1H3. The van der Waals surface area contributed by atoms with Crippen molar-refractivity contribution in [3.8, 4) is 0 Å². The maximum atomic E-state index is 11.9. The van der Waals surface area contributed by atoms with Crippen molar-refractivity contribution in [1.29, 1.82) is 0 Å². The van der Waals surface area contributed by atoms with Gasteiger partial charge in [0.25, 0.3) is 0 Å². The highest BCUT2D eigenvalue weighted by Gasteiger charge is 2.37. The van der Waals surface area contributed by atoms with Gasteiger partial charge in [0, 0.05) is 12.4 Å². The third kappa shape index (κ3) is 2.87. The van der Waals surface area contributed by atoms with Crippen LogP contribution in [0, 0.1) is 0 Å². The van der Waals surface area contributed by atoms with E-state index in [0.717, 1.165) is 32.1 Å². The van der Waals surface area contributed by atoms with E-state index in [4.69, 9.17) is 4.74 Å². The lowest BCUT2D eigenvalue weighted by Crippen LogP contribution is -2.33. The Bertz CT molecular complexity index is 354. The lowest BCUT2D eigenvalue weighted by Gasteiger charge is -2.28. The van der Waals surface area contributed by atoms with Gasteiger partial charge in [-0.2, -0.15) is 0 Å². The number of nitrogens with zero attached hydrogens (tertiary/aromatic N) is 2. The number of imidazole rings is 1. The Morgan fingerprint density at radius 1 is 1.47 bits per heavy atom. The van der Waals surface area contributed by atoms with E-state index in [1.807, 2.05) is 0 Å². The van der Waals surface area contributed by atoms with Crippen LogP contribution in [0.4, 0.5) is 4.79 Å². The molecule has 0 atom stereocenters. The minimum absolute atomic E-state index is 0.211. The van der Waals surface area contributed by atoms with Crippen molar-refractivity contribution >= 4 is 6.09 Å². The number of rotatable bonds is 4. The summed E-state index contributed by atoms with van der Waals surface area (Å²) in [4.78, 5) is 15.8. The fourth-order valence-corrected chi connectivity index (χ4v) is 2.53. The van der Waals surface area contributed by atoms with Crippen LogP contribution in [0.1, 0.15) is 51.9 Å². The van der Waals surface area contributed by atoms with Gasteiger partial charge in [-0.3, -0.25) is 0 Å². The first-order valence-electron chi connectivity index (χ1n) is 6.47. The van der Waals surface area contributed by atoms with Gasteiger partial charge >= 0.3 is 6.09 Å². The normalized spacial score (nSPS) is 18.2. The average molecular weight is 236 g/mol. The number of carbonyl (C=O) groups is 1. The van der Waals surface area contributed by atoms with Gasteiger partial charge in [0.15, 0.2) is 0 Å². The van der Waals surface area contributed by atoms with Crippen LogP contribution in [0.3, 0.4) is 0 Å². The summed E-state index contributed by atoms with van der Waals surface area (Å²) < 4.78 is 7.14. The van der Waals surface area contributed by atoms with Crippen molar-refractivity contribution < 1.29 is 9.53 Å². The molecule has 1 aromatic heterocycles. The van der Waals surface area contributed by atoms with Crippen LogP contribution in [0.5, 0.6) is 0 Å². The number of hydrogen-bond acceptors (Lipinski definition) is 3. The Kier molecular flexibility index (Phi) is 3.82. The van der Waals surface area contributed by atoms with Crippen LogP contribution < -0.4 is 0 Å². The van der Waals surface area contributed by atoms with E-state index in [9.17, 15) is 4.79 Å². The van der Waals surface area contributed by atoms with Crippen molar-refractivity contribution in [2.45, 2.75) is 57.5 Å². The van der Waals surface area contributed by atoms with Gasteiger partial charge in [-0.25, -0.2) is 14.3 Å². The molecule has 0 spiro atoms. The van der Waals surface area contributed by atoms with Gasteiger partial charge in [0.2, 0.25) is 0 Å². The lowest BCUT2D eigenvalue weighted by molar-refractivity contribution is 0.00861. The number of hydrogen-bond donors (Lipinski definition) is 0. The molecule has 1 aliphatic carbocycles. The molecule has 0 bridgehead atoms. The molecule has 0 aromatic carbocycles. The topological polar surface area (TPSA) is 44.1 Å². The maximum absolute atomic E-state index is 11.9. The molecule has 1 heterocycles. The van der Waals surface area contributed by atoms with Crippen molar-refractivity contribution in [3.63, 3.8) is 0 Å². The fraction of sp³-hybridized carbons (Fsp3) is 0.692. The summed E-state index contributed by atoms with van der Waals surface area (Å²) in [5.41, 5.74) is -0.211. The van der Waals surface area contributed by atoms with Gasteiger partial charge in [-0.05, 0) is 38.5 Å². The van der Waals surface area contributed by atoms with Crippen LogP contribution in [0.25, 0.3) is 0 Å². The first-order chi connectivity index (χ1) is 8.26. The zero-order valence-corrected chi connectivity index (χ0v) is 10.4. The van der Waals surface area contributed by atoms with Gasteiger partial charge in [-0.15, -0.1) is 0 Å². The average Bonchev–Trinajstić information content (AvgIpc) is 2.98. The zero-order chi connectivity index (χ0) is 12.1. The highest BCUT2D eigenvalue weighted by atomic mass is 16.6. The van der Waals surface area contributed by atoms with Crippen molar-refractivity contribution in [2.24, 2.45) is 0 Å². The molecular weight excluding hydrogens is 216 g/mol. The predicted molar refractivity (Wildman–Crippen MR) is 64.8 cm³/mol. The van der Waals surface area contributed by atoms with Crippen LogP contribution in [-0.2, 0) is 4.74 Å². The summed E-state index contributed by atoms with van der Waals surface area (Å²) in [6.45, 7) is 2.17. The first kappa shape index (κ1) is 12.1. The molecule has 4 heteroatoms. The Morgan fingerprint density at radius 3 is 2.82 bits per heavy atom. The van der Waals surface area contributed by atoms with E-state index < -0.39 is 0 Å². The number of unbranched alkanes of at least 4 members (excludes halogenated alkanes) is 1. The minimum atomic E-state index is -0.291. The third-order valence-corrected chi connectivity index (χ3v) is 3.52. The Morgan fingerprint density at radius 2 is 2.24 bits per heavy atom. The highest BCUT2D eigenvalue weighted by molar-refractivity contribution is 5.70. The van der Waals surface area contributed by atoms with Crippen LogP contribution in [0.2, 0.25) is 0 Å². The van der Waals surface area contributed by atoms with E-state index in [1.54, 1.807) is 12.4 Å². The van der Waals surface area contributed by atoms with E-state index in [2.05, 4.69) is 11.9 Å².